The predicted molar refractivity (Wildman–Crippen MR) is 108 cm³/mol. The fourth-order valence-corrected chi connectivity index (χ4v) is 2.62. The zero-order valence-electron chi connectivity index (χ0n) is 14.9. The first-order chi connectivity index (χ1) is 13.2. The number of hydrogen-bond acceptors (Lipinski definition) is 5. The molecule has 0 radical (unpaired) electrons. The van der Waals surface area contributed by atoms with E-state index in [1.54, 1.807) is 12.1 Å². The molecule has 1 amide bonds. The van der Waals surface area contributed by atoms with Crippen molar-refractivity contribution in [1.29, 1.82) is 0 Å². The number of thiocarbonyl (C=S) groups is 1. The fourth-order valence-electron chi connectivity index (χ4n) is 2.44. The van der Waals surface area contributed by atoms with Crippen LogP contribution in [0.5, 0.6) is 0 Å². The second-order valence-corrected chi connectivity index (χ2v) is 6.32. The van der Waals surface area contributed by atoms with Crippen molar-refractivity contribution in [2.45, 2.75) is 26.3 Å². The van der Waals surface area contributed by atoms with E-state index in [9.17, 15) is 4.79 Å². The van der Waals surface area contributed by atoms with Gasteiger partial charge < -0.3 is 0 Å². The van der Waals surface area contributed by atoms with Crippen molar-refractivity contribution in [2.75, 3.05) is 5.32 Å². The number of aryl methyl sites for hydroxylation is 1. The van der Waals surface area contributed by atoms with Gasteiger partial charge in [-0.3, -0.25) is 15.4 Å². The summed E-state index contributed by atoms with van der Waals surface area (Å²) in [5.41, 5.74) is 2.65. The van der Waals surface area contributed by atoms with Gasteiger partial charge in [0.15, 0.2) is 5.11 Å². The Balaban J connectivity index is 1.56. The lowest BCUT2D eigenvalue weighted by Crippen LogP contribution is -2.34. The number of anilines is 1. The average Bonchev–Trinajstić information content (AvgIpc) is 3.14. The lowest BCUT2D eigenvalue weighted by Gasteiger charge is -2.07. The van der Waals surface area contributed by atoms with Crippen LogP contribution in [0, 0.1) is 0 Å². The number of tetrazole rings is 1. The molecule has 0 atom stereocenters. The SMILES string of the molecule is CCCCn1nnc(NC(=S)NC(=O)c2ccc(-c3ccccc3)cc2)n1. The van der Waals surface area contributed by atoms with E-state index in [1.165, 1.54) is 4.80 Å². The first-order valence-corrected chi connectivity index (χ1v) is 9.12. The Labute approximate surface area is 162 Å². The predicted octanol–water partition coefficient (Wildman–Crippen LogP) is 3.27. The Morgan fingerprint density at radius 2 is 1.78 bits per heavy atom. The lowest BCUT2D eigenvalue weighted by molar-refractivity contribution is 0.0978. The molecule has 138 valence electrons. The summed E-state index contributed by atoms with van der Waals surface area (Å²) in [5, 5.41) is 17.5. The number of benzene rings is 2. The van der Waals surface area contributed by atoms with Gasteiger partial charge in [0.1, 0.15) is 0 Å². The molecule has 0 spiro atoms. The van der Waals surface area contributed by atoms with Crippen LogP contribution in [0.25, 0.3) is 11.1 Å². The van der Waals surface area contributed by atoms with Crippen molar-refractivity contribution >= 4 is 29.2 Å². The van der Waals surface area contributed by atoms with Crippen molar-refractivity contribution < 1.29 is 4.79 Å². The van der Waals surface area contributed by atoms with Gasteiger partial charge in [-0.05, 0) is 47.1 Å². The largest absolute Gasteiger partial charge is 0.299 e. The molecule has 0 bridgehead atoms. The highest BCUT2D eigenvalue weighted by Gasteiger charge is 2.10. The summed E-state index contributed by atoms with van der Waals surface area (Å²) in [4.78, 5) is 13.8. The minimum absolute atomic E-state index is 0.127. The first kappa shape index (κ1) is 18.7. The van der Waals surface area contributed by atoms with Gasteiger partial charge in [-0.25, -0.2) is 0 Å². The summed E-state index contributed by atoms with van der Waals surface area (Å²) in [6.07, 6.45) is 2.01. The number of nitrogens with one attached hydrogen (secondary N) is 2. The van der Waals surface area contributed by atoms with Crippen LogP contribution >= 0.6 is 12.2 Å². The van der Waals surface area contributed by atoms with Crippen molar-refractivity contribution in [3.05, 3.63) is 60.2 Å². The smallest absolute Gasteiger partial charge is 0.269 e. The van der Waals surface area contributed by atoms with Gasteiger partial charge >= 0.3 is 0 Å². The standard InChI is InChI=1S/C19H20N6OS/c1-2-3-13-25-23-18(22-24-25)21-19(27)20-17(26)16-11-9-15(10-12-16)14-7-5-4-6-8-14/h4-12H,2-3,13H2,1H3,(H2,20,21,23,26,27). The molecule has 3 aromatic rings. The highest BCUT2D eigenvalue weighted by atomic mass is 32.1. The number of hydrogen-bond donors (Lipinski definition) is 2. The van der Waals surface area contributed by atoms with Gasteiger partial charge in [0, 0.05) is 5.56 Å². The van der Waals surface area contributed by atoms with Gasteiger partial charge in [0.25, 0.3) is 11.9 Å². The maximum Gasteiger partial charge on any atom is 0.269 e. The van der Waals surface area contributed by atoms with Crippen molar-refractivity contribution in [3.8, 4) is 11.1 Å². The number of rotatable bonds is 6. The molecule has 27 heavy (non-hydrogen) atoms. The van der Waals surface area contributed by atoms with Crippen LogP contribution in [0.15, 0.2) is 54.6 Å². The van der Waals surface area contributed by atoms with Crippen molar-refractivity contribution in [3.63, 3.8) is 0 Å². The second-order valence-electron chi connectivity index (χ2n) is 5.91. The molecular formula is C19H20N6OS. The highest BCUT2D eigenvalue weighted by Crippen LogP contribution is 2.19. The maximum absolute atomic E-state index is 12.3. The normalized spacial score (nSPS) is 10.4. The number of amides is 1. The Hall–Kier alpha value is -3.13. The molecule has 0 fully saturated rings. The molecule has 0 saturated heterocycles. The molecule has 2 aromatic carbocycles. The molecule has 2 N–H and O–H groups in total. The van der Waals surface area contributed by atoms with Gasteiger partial charge in [-0.2, -0.15) is 4.80 Å². The minimum Gasteiger partial charge on any atom is -0.299 e. The third-order valence-electron chi connectivity index (χ3n) is 3.87. The molecule has 0 aliphatic heterocycles. The molecule has 1 aromatic heterocycles. The van der Waals surface area contributed by atoms with Gasteiger partial charge in [-0.15, -0.1) is 5.10 Å². The highest BCUT2D eigenvalue weighted by molar-refractivity contribution is 7.80. The summed E-state index contributed by atoms with van der Waals surface area (Å²) < 4.78 is 0. The van der Waals surface area contributed by atoms with E-state index in [2.05, 4.69) is 33.0 Å². The van der Waals surface area contributed by atoms with E-state index < -0.39 is 0 Å². The average molecular weight is 380 g/mol. The number of unbranched alkanes of at least 4 members (excludes halogenated alkanes) is 1. The molecule has 0 unspecified atom stereocenters. The molecule has 0 aliphatic carbocycles. The number of nitrogens with zero attached hydrogens (tertiary/aromatic N) is 4. The van der Waals surface area contributed by atoms with Crippen LogP contribution in [-0.4, -0.2) is 31.2 Å². The van der Waals surface area contributed by atoms with E-state index in [0.717, 1.165) is 24.0 Å². The summed E-state index contributed by atoms with van der Waals surface area (Å²) in [5.74, 6) is -0.0404. The Morgan fingerprint density at radius 1 is 1.07 bits per heavy atom. The lowest BCUT2D eigenvalue weighted by atomic mass is 10.0. The summed E-state index contributed by atoms with van der Waals surface area (Å²) >= 11 is 5.15. The van der Waals surface area contributed by atoms with E-state index in [0.29, 0.717) is 12.1 Å². The molecule has 0 saturated carbocycles. The topological polar surface area (TPSA) is 84.7 Å². The van der Waals surface area contributed by atoms with Crippen molar-refractivity contribution in [1.82, 2.24) is 25.5 Å². The zero-order chi connectivity index (χ0) is 19.1. The van der Waals surface area contributed by atoms with E-state index in [4.69, 9.17) is 12.2 Å². The molecule has 3 rings (SSSR count). The Bertz CT molecular complexity index is 907. The Morgan fingerprint density at radius 3 is 2.48 bits per heavy atom. The van der Waals surface area contributed by atoms with E-state index in [1.807, 2.05) is 42.5 Å². The molecule has 7 nitrogen and oxygen atoms in total. The number of aromatic nitrogens is 4. The van der Waals surface area contributed by atoms with Gasteiger partial charge in [-0.1, -0.05) is 60.9 Å². The number of carbonyl (C=O) groups is 1. The third-order valence-corrected chi connectivity index (χ3v) is 4.08. The van der Waals surface area contributed by atoms with Crippen LogP contribution in [0.1, 0.15) is 30.1 Å². The molecular weight excluding hydrogens is 360 g/mol. The zero-order valence-corrected chi connectivity index (χ0v) is 15.7. The summed E-state index contributed by atoms with van der Waals surface area (Å²) in [7, 11) is 0. The van der Waals surface area contributed by atoms with Crippen LogP contribution < -0.4 is 10.6 Å². The molecule has 0 aliphatic rings. The maximum atomic E-state index is 12.3. The van der Waals surface area contributed by atoms with Crippen LogP contribution in [0.4, 0.5) is 5.95 Å². The fraction of sp³-hybridized carbons (Fsp3) is 0.211. The van der Waals surface area contributed by atoms with Crippen molar-refractivity contribution in [2.24, 2.45) is 0 Å². The molecule has 1 heterocycles. The van der Waals surface area contributed by atoms with Crippen LogP contribution in [-0.2, 0) is 6.54 Å². The van der Waals surface area contributed by atoms with Gasteiger partial charge in [0.2, 0.25) is 0 Å². The number of carbonyl (C=O) groups excluding carboxylic acids is 1. The van der Waals surface area contributed by atoms with Crippen LogP contribution in [0.2, 0.25) is 0 Å². The van der Waals surface area contributed by atoms with Crippen LogP contribution in [0.3, 0.4) is 0 Å². The monoisotopic (exact) mass is 380 g/mol. The molecule has 8 heteroatoms. The second kappa shape index (κ2) is 9.00. The summed E-state index contributed by atoms with van der Waals surface area (Å²) in [6, 6.07) is 17.3. The quantitative estimate of drug-likeness (QED) is 0.639. The first-order valence-electron chi connectivity index (χ1n) is 8.71. The third kappa shape index (κ3) is 5.18. The van der Waals surface area contributed by atoms with Gasteiger partial charge in [0.05, 0.1) is 6.54 Å². The Kier molecular flexibility index (Phi) is 6.22. The van der Waals surface area contributed by atoms with E-state index in [-0.39, 0.29) is 17.0 Å². The minimum atomic E-state index is -0.300. The summed E-state index contributed by atoms with van der Waals surface area (Å²) in [6.45, 7) is 2.78. The van der Waals surface area contributed by atoms with E-state index >= 15 is 0 Å².